The van der Waals surface area contributed by atoms with Gasteiger partial charge in [-0.15, -0.1) is 0 Å². The lowest BCUT2D eigenvalue weighted by Crippen LogP contribution is -2.28. The normalized spacial score (nSPS) is 10.6. The molecule has 0 aliphatic rings. The highest BCUT2D eigenvalue weighted by Crippen LogP contribution is 2.14. The van der Waals surface area contributed by atoms with Gasteiger partial charge in [-0.3, -0.25) is 10.1 Å². The minimum absolute atomic E-state index is 0.109. The zero-order valence-electron chi connectivity index (χ0n) is 10.8. The SMILES string of the molecule is COCCN(C)CCNc1ccc([N+](=O)[O-])cc1. The zero-order valence-corrected chi connectivity index (χ0v) is 10.8. The number of nitrogens with one attached hydrogen (secondary N) is 1. The number of benzene rings is 1. The minimum Gasteiger partial charge on any atom is -0.384 e. The number of rotatable bonds is 8. The van der Waals surface area contributed by atoms with Crippen molar-refractivity contribution in [1.82, 2.24) is 4.90 Å². The van der Waals surface area contributed by atoms with E-state index in [1.165, 1.54) is 12.1 Å². The second-order valence-corrected chi connectivity index (χ2v) is 4.03. The average molecular weight is 253 g/mol. The van der Waals surface area contributed by atoms with Crippen LogP contribution in [0.2, 0.25) is 0 Å². The molecule has 0 saturated heterocycles. The van der Waals surface area contributed by atoms with Crippen LogP contribution in [0.4, 0.5) is 11.4 Å². The first-order valence-electron chi connectivity index (χ1n) is 5.79. The Kier molecular flexibility index (Phi) is 6.10. The van der Waals surface area contributed by atoms with Gasteiger partial charge in [-0.25, -0.2) is 0 Å². The second kappa shape index (κ2) is 7.62. The fourth-order valence-electron chi connectivity index (χ4n) is 1.45. The maximum absolute atomic E-state index is 10.5. The van der Waals surface area contributed by atoms with Crippen LogP contribution in [-0.4, -0.2) is 50.2 Å². The molecule has 18 heavy (non-hydrogen) atoms. The topological polar surface area (TPSA) is 67.6 Å². The molecule has 0 bridgehead atoms. The van der Waals surface area contributed by atoms with Gasteiger partial charge in [0, 0.05) is 44.6 Å². The first kappa shape index (κ1) is 14.4. The molecule has 100 valence electrons. The average Bonchev–Trinajstić information content (AvgIpc) is 2.37. The van der Waals surface area contributed by atoms with Crippen LogP contribution in [0.15, 0.2) is 24.3 Å². The highest BCUT2D eigenvalue weighted by atomic mass is 16.6. The number of hydrogen-bond acceptors (Lipinski definition) is 5. The Morgan fingerprint density at radius 2 is 2.00 bits per heavy atom. The van der Waals surface area contributed by atoms with Crippen LogP contribution in [-0.2, 0) is 4.74 Å². The molecule has 0 aliphatic heterocycles. The fraction of sp³-hybridized carbons (Fsp3) is 0.500. The van der Waals surface area contributed by atoms with Gasteiger partial charge in [-0.05, 0) is 19.2 Å². The lowest BCUT2D eigenvalue weighted by molar-refractivity contribution is -0.384. The van der Waals surface area contributed by atoms with Gasteiger partial charge in [-0.1, -0.05) is 0 Å². The summed E-state index contributed by atoms with van der Waals surface area (Å²) in [4.78, 5) is 12.2. The van der Waals surface area contributed by atoms with Crippen molar-refractivity contribution in [1.29, 1.82) is 0 Å². The van der Waals surface area contributed by atoms with E-state index >= 15 is 0 Å². The van der Waals surface area contributed by atoms with Crippen molar-refractivity contribution in [2.24, 2.45) is 0 Å². The van der Waals surface area contributed by atoms with Crippen LogP contribution < -0.4 is 5.32 Å². The molecule has 0 unspecified atom stereocenters. The summed E-state index contributed by atoms with van der Waals surface area (Å²) in [5.74, 6) is 0. The predicted octanol–water partition coefficient (Wildman–Crippen LogP) is 1.58. The van der Waals surface area contributed by atoms with Gasteiger partial charge in [0.25, 0.3) is 5.69 Å². The molecule has 1 aromatic carbocycles. The number of non-ortho nitro benzene ring substituents is 1. The first-order valence-corrected chi connectivity index (χ1v) is 5.79. The molecule has 0 atom stereocenters. The van der Waals surface area contributed by atoms with E-state index in [1.54, 1.807) is 19.2 Å². The molecular weight excluding hydrogens is 234 g/mol. The maximum Gasteiger partial charge on any atom is 0.269 e. The molecule has 0 radical (unpaired) electrons. The number of nitro groups is 1. The summed E-state index contributed by atoms with van der Waals surface area (Å²) in [6.07, 6.45) is 0. The number of anilines is 1. The van der Waals surface area contributed by atoms with Gasteiger partial charge in [0.05, 0.1) is 11.5 Å². The molecule has 1 rings (SSSR count). The molecule has 0 fully saturated rings. The highest BCUT2D eigenvalue weighted by molar-refractivity contribution is 5.48. The van der Waals surface area contributed by atoms with E-state index in [-0.39, 0.29) is 5.69 Å². The summed E-state index contributed by atoms with van der Waals surface area (Å²) >= 11 is 0. The van der Waals surface area contributed by atoms with Crippen LogP contribution in [0.3, 0.4) is 0 Å². The van der Waals surface area contributed by atoms with Crippen LogP contribution in [0.1, 0.15) is 0 Å². The van der Waals surface area contributed by atoms with Crippen molar-refractivity contribution < 1.29 is 9.66 Å². The first-order chi connectivity index (χ1) is 8.63. The summed E-state index contributed by atoms with van der Waals surface area (Å²) in [7, 11) is 3.71. The van der Waals surface area contributed by atoms with E-state index in [1.807, 2.05) is 7.05 Å². The summed E-state index contributed by atoms with van der Waals surface area (Å²) < 4.78 is 4.99. The van der Waals surface area contributed by atoms with E-state index in [2.05, 4.69) is 10.2 Å². The smallest absolute Gasteiger partial charge is 0.269 e. The number of nitro benzene ring substituents is 1. The number of likely N-dealkylation sites (N-methyl/N-ethyl adjacent to an activating group) is 1. The third kappa shape index (κ3) is 5.11. The maximum atomic E-state index is 10.5. The minimum atomic E-state index is -0.400. The number of hydrogen-bond donors (Lipinski definition) is 1. The Labute approximate surface area is 107 Å². The Morgan fingerprint density at radius 1 is 1.33 bits per heavy atom. The largest absolute Gasteiger partial charge is 0.384 e. The molecule has 0 spiro atoms. The Bertz CT molecular complexity index is 367. The molecular formula is C12H19N3O3. The third-order valence-corrected chi connectivity index (χ3v) is 2.58. The zero-order chi connectivity index (χ0) is 13.4. The summed E-state index contributed by atoms with van der Waals surface area (Å²) in [5, 5.41) is 13.7. The van der Waals surface area contributed by atoms with Gasteiger partial charge in [-0.2, -0.15) is 0 Å². The quantitative estimate of drug-likeness (QED) is 0.563. The highest BCUT2D eigenvalue weighted by Gasteiger charge is 2.03. The van der Waals surface area contributed by atoms with Crippen molar-refractivity contribution in [2.75, 3.05) is 45.7 Å². The number of ether oxygens (including phenoxy) is 1. The lowest BCUT2D eigenvalue weighted by atomic mass is 10.3. The third-order valence-electron chi connectivity index (χ3n) is 2.58. The predicted molar refractivity (Wildman–Crippen MR) is 71.0 cm³/mol. The fourth-order valence-corrected chi connectivity index (χ4v) is 1.45. The van der Waals surface area contributed by atoms with Crippen molar-refractivity contribution in [3.63, 3.8) is 0 Å². The monoisotopic (exact) mass is 253 g/mol. The molecule has 0 saturated carbocycles. The lowest BCUT2D eigenvalue weighted by Gasteiger charge is -2.16. The Hall–Kier alpha value is -1.66. The summed E-state index contributed by atoms with van der Waals surface area (Å²) in [5.41, 5.74) is 0.999. The van der Waals surface area contributed by atoms with Gasteiger partial charge in [0.15, 0.2) is 0 Å². The molecule has 0 aromatic heterocycles. The molecule has 0 aliphatic carbocycles. The van der Waals surface area contributed by atoms with E-state index in [9.17, 15) is 10.1 Å². The van der Waals surface area contributed by atoms with Crippen LogP contribution in [0, 0.1) is 10.1 Å². The van der Waals surface area contributed by atoms with Gasteiger partial charge < -0.3 is 15.0 Å². The number of methoxy groups -OCH3 is 1. The molecule has 6 nitrogen and oxygen atoms in total. The van der Waals surface area contributed by atoms with E-state index < -0.39 is 4.92 Å². The van der Waals surface area contributed by atoms with E-state index in [0.717, 1.165) is 25.3 Å². The van der Waals surface area contributed by atoms with Crippen LogP contribution >= 0.6 is 0 Å². The van der Waals surface area contributed by atoms with Gasteiger partial charge in [0.2, 0.25) is 0 Å². The van der Waals surface area contributed by atoms with Crippen molar-refractivity contribution in [2.45, 2.75) is 0 Å². The molecule has 1 aromatic rings. The molecule has 0 amide bonds. The van der Waals surface area contributed by atoms with Gasteiger partial charge in [0.1, 0.15) is 0 Å². The Balaban J connectivity index is 2.29. The summed E-state index contributed by atoms with van der Waals surface area (Å²) in [6.45, 7) is 3.28. The molecule has 6 heteroatoms. The van der Waals surface area contributed by atoms with Crippen molar-refractivity contribution in [3.8, 4) is 0 Å². The molecule has 0 heterocycles. The van der Waals surface area contributed by atoms with Crippen LogP contribution in [0.25, 0.3) is 0 Å². The van der Waals surface area contributed by atoms with Crippen molar-refractivity contribution >= 4 is 11.4 Å². The standard InChI is InChI=1S/C12H19N3O3/c1-14(9-10-18-2)8-7-13-11-3-5-12(6-4-11)15(16)17/h3-6,13H,7-10H2,1-2H3. The number of nitrogens with zero attached hydrogens (tertiary/aromatic N) is 2. The Morgan fingerprint density at radius 3 is 2.56 bits per heavy atom. The summed E-state index contributed by atoms with van der Waals surface area (Å²) in [6, 6.07) is 6.43. The van der Waals surface area contributed by atoms with E-state index in [0.29, 0.717) is 6.61 Å². The van der Waals surface area contributed by atoms with Crippen molar-refractivity contribution in [3.05, 3.63) is 34.4 Å². The van der Waals surface area contributed by atoms with Crippen LogP contribution in [0.5, 0.6) is 0 Å². The van der Waals surface area contributed by atoms with Gasteiger partial charge >= 0.3 is 0 Å². The second-order valence-electron chi connectivity index (χ2n) is 4.03. The molecule has 1 N–H and O–H groups in total. The van der Waals surface area contributed by atoms with E-state index in [4.69, 9.17) is 4.74 Å².